The van der Waals surface area contributed by atoms with Gasteiger partial charge in [0.1, 0.15) is 5.75 Å². The summed E-state index contributed by atoms with van der Waals surface area (Å²) < 4.78 is 18.2. The Bertz CT molecular complexity index is 1440. The second-order valence-electron chi connectivity index (χ2n) is 9.90. The predicted molar refractivity (Wildman–Crippen MR) is 149 cm³/mol. The number of carbonyl (C=O) groups excluding carboxylic acids is 1. The van der Waals surface area contributed by atoms with E-state index in [9.17, 15) is 4.79 Å². The van der Waals surface area contributed by atoms with Gasteiger partial charge in [-0.2, -0.15) is 5.10 Å². The predicted octanol–water partition coefficient (Wildman–Crippen LogP) is 6.42. The smallest absolute Gasteiger partial charge is 0.314 e. The zero-order valence-electron chi connectivity index (χ0n) is 21.5. The van der Waals surface area contributed by atoms with Crippen molar-refractivity contribution >= 4 is 28.8 Å². The van der Waals surface area contributed by atoms with Gasteiger partial charge >= 0.3 is 5.85 Å². The molecular weight excluding hydrogens is 498 g/mol. The van der Waals surface area contributed by atoms with Crippen molar-refractivity contribution in [1.82, 2.24) is 10.3 Å². The van der Waals surface area contributed by atoms with E-state index in [-0.39, 0.29) is 11.3 Å². The van der Waals surface area contributed by atoms with E-state index in [1.54, 1.807) is 7.11 Å². The minimum absolute atomic E-state index is 0.0844. The van der Waals surface area contributed by atoms with Crippen LogP contribution in [0.4, 0.5) is 4.79 Å². The first-order chi connectivity index (χ1) is 18.5. The number of para-hydroxylation sites is 1. The van der Waals surface area contributed by atoms with Crippen LogP contribution in [0.1, 0.15) is 43.0 Å². The van der Waals surface area contributed by atoms with Crippen LogP contribution in [0.15, 0.2) is 82.8 Å². The number of nitrogens with one attached hydrogen (secondary N) is 1. The molecular formula is C30H29N3O4S. The molecule has 2 atom stereocenters. The van der Waals surface area contributed by atoms with Gasteiger partial charge in [0.15, 0.2) is 11.5 Å². The number of hydrogen-bond acceptors (Lipinski definition) is 7. The third kappa shape index (κ3) is 4.28. The van der Waals surface area contributed by atoms with Crippen LogP contribution in [0.3, 0.4) is 0 Å². The van der Waals surface area contributed by atoms with Crippen LogP contribution in [0, 0.1) is 5.92 Å². The van der Waals surface area contributed by atoms with Gasteiger partial charge in [-0.25, -0.2) is 5.01 Å². The summed E-state index contributed by atoms with van der Waals surface area (Å²) in [5, 5.41) is 9.86. The van der Waals surface area contributed by atoms with E-state index in [4.69, 9.17) is 19.3 Å². The van der Waals surface area contributed by atoms with Crippen LogP contribution in [0.25, 0.3) is 6.08 Å². The number of rotatable bonds is 6. The Balaban J connectivity index is 1.43. The normalized spacial score (nSPS) is 22.7. The van der Waals surface area contributed by atoms with Crippen molar-refractivity contribution in [2.24, 2.45) is 11.0 Å². The molecule has 38 heavy (non-hydrogen) atoms. The van der Waals surface area contributed by atoms with Gasteiger partial charge in [0, 0.05) is 12.0 Å². The van der Waals surface area contributed by atoms with E-state index in [1.807, 2.05) is 65.7 Å². The fourth-order valence-electron chi connectivity index (χ4n) is 4.97. The van der Waals surface area contributed by atoms with Gasteiger partial charge in [0.05, 0.1) is 30.4 Å². The minimum atomic E-state index is -1.25. The maximum Gasteiger partial charge on any atom is 0.314 e. The van der Waals surface area contributed by atoms with Gasteiger partial charge in [0.25, 0.3) is 5.24 Å². The monoisotopic (exact) mass is 527 g/mol. The van der Waals surface area contributed by atoms with Crippen LogP contribution in [-0.2, 0) is 0 Å². The third-order valence-electron chi connectivity index (χ3n) is 6.74. The van der Waals surface area contributed by atoms with Crippen molar-refractivity contribution in [3.05, 3.63) is 94.4 Å². The number of methoxy groups -OCH3 is 1. The number of fused-ring (bicyclic) bond motifs is 4. The first-order valence-electron chi connectivity index (χ1n) is 12.7. The molecule has 3 aromatic rings. The largest absolute Gasteiger partial charge is 0.493 e. The summed E-state index contributed by atoms with van der Waals surface area (Å²) in [6.45, 7) is 4.80. The molecule has 7 nitrogen and oxygen atoms in total. The van der Waals surface area contributed by atoms with Crippen molar-refractivity contribution in [2.75, 3.05) is 13.7 Å². The fourth-order valence-corrected chi connectivity index (χ4v) is 5.88. The average molecular weight is 528 g/mol. The number of hydrogen-bond donors (Lipinski definition) is 1. The highest BCUT2D eigenvalue weighted by atomic mass is 32.2. The summed E-state index contributed by atoms with van der Waals surface area (Å²) >= 11 is 1.12. The number of benzene rings is 3. The number of carbonyl (C=O) groups is 1. The second-order valence-corrected chi connectivity index (χ2v) is 10.9. The zero-order chi connectivity index (χ0) is 26.3. The summed E-state index contributed by atoms with van der Waals surface area (Å²) in [6, 6.07) is 23.8. The molecule has 3 heterocycles. The minimum Gasteiger partial charge on any atom is -0.493 e. The molecule has 1 spiro atoms. The van der Waals surface area contributed by atoms with Crippen LogP contribution in [0.5, 0.6) is 17.2 Å². The van der Waals surface area contributed by atoms with E-state index >= 15 is 0 Å². The summed E-state index contributed by atoms with van der Waals surface area (Å²) in [5.74, 6) is 1.20. The van der Waals surface area contributed by atoms with Gasteiger partial charge in [-0.1, -0.05) is 68.4 Å². The molecule has 0 saturated carbocycles. The lowest BCUT2D eigenvalue weighted by atomic mass is 9.95. The summed E-state index contributed by atoms with van der Waals surface area (Å²) in [7, 11) is 1.63. The zero-order valence-corrected chi connectivity index (χ0v) is 22.3. The van der Waals surface area contributed by atoms with Crippen molar-refractivity contribution in [2.45, 2.75) is 32.2 Å². The average Bonchev–Trinajstić information content (AvgIpc) is 3.51. The summed E-state index contributed by atoms with van der Waals surface area (Å²) in [4.78, 5) is 13.6. The number of thioether (sulfide) groups is 1. The standard InChI is InChI=1S/C30H29N3O4S/c1-19(2)18-36-26-14-13-20(15-27(26)35-3)16-28-30(31-29(34)38-28)33-24(22-11-7-8-12-25(22)37-30)17-23(32-33)21-9-5-4-6-10-21/h4-16,19,24H,17-18H2,1-3H3,(H,31,34)/b28-16+. The Morgan fingerprint density at radius 2 is 1.92 bits per heavy atom. The molecule has 1 saturated heterocycles. The lowest BCUT2D eigenvalue weighted by molar-refractivity contribution is -0.0949. The van der Waals surface area contributed by atoms with Gasteiger partial charge in [0.2, 0.25) is 0 Å². The lowest BCUT2D eigenvalue weighted by Gasteiger charge is -2.45. The molecule has 1 amide bonds. The molecule has 1 N–H and O–H groups in total. The molecule has 6 rings (SSSR count). The Labute approximate surface area is 226 Å². The molecule has 0 aliphatic carbocycles. The Morgan fingerprint density at radius 1 is 1.13 bits per heavy atom. The van der Waals surface area contributed by atoms with Gasteiger partial charge in [-0.3, -0.25) is 10.1 Å². The highest BCUT2D eigenvalue weighted by Crippen LogP contribution is 2.52. The molecule has 0 radical (unpaired) electrons. The quantitative estimate of drug-likeness (QED) is 0.399. The van der Waals surface area contributed by atoms with Gasteiger partial charge in [-0.05, 0) is 53.1 Å². The molecule has 2 unspecified atom stereocenters. The Kier molecular flexibility index (Phi) is 6.27. The van der Waals surface area contributed by atoms with Gasteiger partial charge < -0.3 is 14.2 Å². The van der Waals surface area contributed by atoms with Crippen molar-refractivity contribution < 1.29 is 19.0 Å². The first kappa shape index (κ1) is 24.4. The fraction of sp³-hybridized carbons (Fsp3) is 0.267. The Hall–Kier alpha value is -3.91. The summed E-state index contributed by atoms with van der Waals surface area (Å²) in [5.41, 5.74) is 3.92. The molecule has 194 valence electrons. The van der Waals surface area contributed by atoms with Crippen LogP contribution in [-0.4, -0.2) is 35.5 Å². The number of nitrogens with zero attached hydrogens (tertiary/aromatic N) is 2. The highest BCUT2D eigenvalue weighted by molar-refractivity contribution is 8.17. The lowest BCUT2D eigenvalue weighted by Crippen LogP contribution is -2.61. The molecule has 3 aliphatic heterocycles. The first-order valence-corrected chi connectivity index (χ1v) is 13.5. The topological polar surface area (TPSA) is 72.4 Å². The molecule has 3 aromatic carbocycles. The van der Waals surface area contributed by atoms with Crippen molar-refractivity contribution in [3.8, 4) is 17.2 Å². The molecule has 3 aliphatic rings. The van der Waals surface area contributed by atoms with E-state index in [2.05, 4.69) is 37.4 Å². The third-order valence-corrected chi connectivity index (χ3v) is 7.64. The number of amides is 1. The number of ether oxygens (including phenoxy) is 3. The SMILES string of the molecule is COc1cc(/C=C2/SC(=O)NC23Oc2ccccc2C2CC(c4ccccc4)=NN23)ccc1OCC(C)C. The number of hydrazone groups is 1. The van der Waals surface area contributed by atoms with E-state index < -0.39 is 5.85 Å². The second kappa shape index (κ2) is 9.76. The van der Waals surface area contributed by atoms with E-state index in [0.717, 1.165) is 39.9 Å². The van der Waals surface area contributed by atoms with Crippen LogP contribution in [0.2, 0.25) is 0 Å². The van der Waals surface area contributed by atoms with E-state index in [1.165, 1.54) is 0 Å². The molecule has 0 bridgehead atoms. The molecule has 8 heteroatoms. The highest BCUT2D eigenvalue weighted by Gasteiger charge is 2.58. The molecule has 0 aromatic heterocycles. The summed E-state index contributed by atoms with van der Waals surface area (Å²) in [6.07, 6.45) is 2.66. The molecule has 1 fully saturated rings. The van der Waals surface area contributed by atoms with Gasteiger partial charge in [-0.15, -0.1) is 0 Å². The Morgan fingerprint density at radius 3 is 2.71 bits per heavy atom. The maximum absolute atomic E-state index is 12.9. The maximum atomic E-state index is 12.9. The van der Waals surface area contributed by atoms with E-state index in [0.29, 0.717) is 35.3 Å². The van der Waals surface area contributed by atoms with Crippen molar-refractivity contribution in [3.63, 3.8) is 0 Å². The van der Waals surface area contributed by atoms with Crippen LogP contribution < -0.4 is 19.5 Å². The van der Waals surface area contributed by atoms with Crippen LogP contribution >= 0.6 is 11.8 Å². The van der Waals surface area contributed by atoms with Crippen molar-refractivity contribution in [1.29, 1.82) is 0 Å².